The minimum atomic E-state index is -0.445. The average Bonchev–Trinajstić information content (AvgIpc) is 3.10. The molecule has 0 bridgehead atoms. The summed E-state index contributed by atoms with van der Waals surface area (Å²) >= 11 is 0. The molecule has 1 saturated heterocycles. The molecule has 146 valence electrons. The van der Waals surface area contributed by atoms with Crippen LogP contribution in [0.1, 0.15) is 23.7 Å². The minimum Gasteiger partial charge on any atom is -0.497 e. The van der Waals surface area contributed by atoms with E-state index in [0.29, 0.717) is 30.2 Å². The van der Waals surface area contributed by atoms with Crippen molar-refractivity contribution in [3.8, 4) is 5.75 Å². The summed E-state index contributed by atoms with van der Waals surface area (Å²) in [6.45, 7) is 2.36. The Morgan fingerprint density at radius 2 is 1.79 bits per heavy atom. The van der Waals surface area contributed by atoms with Crippen molar-refractivity contribution in [2.45, 2.75) is 13.3 Å². The van der Waals surface area contributed by atoms with Gasteiger partial charge in [0.05, 0.1) is 25.2 Å². The highest BCUT2D eigenvalue weighted by Crippen LogP contribution is 2.27. The minimum absolute atomic E-state index is 0.0945. The van der Waals surface area contributed by atoms with Crippen molar-refractivity contribution in [1.29, 1.82) is 0 Å². The first kappa shape index (κ1) is 19.4. The van der Waals surface area contributed by atoms with Gasteiger partial charge in [-0.25, -0.2) is 4.79 Å². The van der Waals surface area contributed by atoms with Crippen LogP contribution in [-0.2, 0) is 14.3 Å². The van der Waals surface area contributed by atoms with E-state index >= 15 is 0 Å². The first-order chi connectivity index (χ1) is 13.5. The Kier molecular flexibility index (Phi) is 5.93. The molecular formula is C21H22N2O5. The van der Waals surface area contributed by atoms with Gasteiger partial charge in [0.1, 0.15) is 5.75 Å². The fraction of sp³-hybridized carbons (Fsp3) is 0.286. The molecular weight excluding hydrogens is 360 g/mol. The van der Waals surface area contributed by atoms with Gasteiger partial charge >= 0.3 is 5.97 Å². The molecule has 0 saturated carbocycles. The number of ether oxygens (including phenoxy) is 2. The third-order valence-corrected chi connectivity index (χ3v) is 4.54. The van der Waals surface area contributed by atoms with E-state index in [4.69, 9.17) is 9.47 Å². The number of esters is 1. The molecule has 2 amide bonds. The van der Waals surface area contributed by atoms with Crippen molar-refractivity contribution < 1.29 is 23.9 Å². The third kappa shape index (κ3) is 4.31. The maximum absolute atomic E-state index is 12.6. The normalized spacial score (nSPS) is 16.0. The highest BCUT2D eigenvalue weighted by atomic mass is 16.5. The molecule has 2 aromatic carbocycles. The van der Waals surface area contributed by atoms with Gasteiger partial charge in [-0.2, -0.15) is 0 Å². The zero-order valence-corrected chi connectivity index (χ0v) is 15.8. The molecule has 2 aromatic rings. The number of carbonyl (C=O) groups is 3. The van der Waals surface area contributed by atoms with Gasteiger partial charge in [-0.15, -0.1) is 0 Å². The lowest BCUT2D eigenvalue weighted by Crippen LogP contribution is -2.28. The SMILES string of the molecule is CCOC(=O)c1ccc(NC(=O)[C@@H]2CC(=O)N(c3ccc(OC)cc3)C2)cc1. The van der Waals surface area contributed by atoms with Crippen molar-refractivity contribution in [1.82, 2.24) is 0 Å². The second-order valence-corrected chi connectivity index (χ2v) is 6.39. The number of nitrogens with one attached hydrogen (secondary N) is 1. The first-order valence-electron chi connectivity index (χ1n) is 9.04. The van der Waals surface area contributed by atoms with E-state index in [9.17, 15) is 14.4 Å². The Balaban J connectivity index is 1.62. The standard InChI is InChI=1S/C21H22N2O5/c1-3-28-21(26)14-4-6-16(7-5-14)22-20(25)15-12-19(24)23(13-15)17-8-10-18(27-2)11-9-17/h4-11,15H,3,12-13H2,1-2H3,(H,22,25)/t15-/m1/s1. The highest BCUT2D eigenvalue weighted by Gasteiger charge is 2.35. The van der Waals surface area contributed by atoms with Gasteiger partial charge in [-0.05, 0) is 55.5 Å². The topological polar surface area (TPSA) is 84.9 Å². The number of benzene rings is 2. The molecule has 3 rings (SSSR count). The zero-order valence-electron chi connectivity index (χ0n) is 15.8. The smallest absolute Gasteiger partial charge is 0.338 e. The molecule has 0 unspecified atom stereocenters. The molecule has 7 heteroatoms. The molecule has 0 spiro atoms. The molecule has 1 aliphatic heterocycles. The predicted octanol–water partition coefficient (Wildman–Crippen LogP) is 2.86. The largest absolute Gasteiger partial charge is 0.497 e. The van der Waals surface area contributed by atoms with E-state index in [0.717, 1.165) is 5.69 Å². The van der Waals surface area contributed by atoms with Crippen LogP contribution in [0.2, 0.25) is 0 Å². The number of hydrogen-bond donors (Lipinski definition) is 1. The van der Waals surface area contributed by atoms with Crippen molar-refractivity contribution in [2.75, 3.05) is 30.5 Å². The average molecular weight is 382 g/mol. The monoisotopic (exact) mass is 382 g/mol. The van der Waals surface area contributed by atoms with Crippen molar-refractivity contribution in [2.24, 2.45) is 5.92 Å². The van der Waals surface area contributed by atoms with Crippen LogP contribution in [-0.4, -0.2) is 38.0 Å². The summed E-state index contributed by atoms with van der Waals surface area (Å²) in [4.78, 5) is 38.2. The van der Waals surface area contributed by atoms with Gasteiger partial charge in [-0.3, -0.25) is 9.59 Å². The first-order valence-corrected chi connectivity index (χ1v) is 9.04. The molecule has 0 aromatic heterocycles. The van der Waals surface area contributed by atoms with E-state index in [2.05, 4.69) is 5.32 Å². The van der Waals surface area contributed by atoms with Gasteiger partial charge < -0.3 is 19.7 Å². The fourth-order valence-electron chi connectivity index (χ4n) is 3.04. The van der Waals surface area contributed by atoms with Gasteiger partial charge in [0.15, 0.2) is 0 Å². The Morgan fingerprint density at radius 3 is 2.39 bits per heavy atom. The number of hydrogen-bond acceptors (Lipinski definition) is 5. The second kappa shape index (κ2) is 8.56. The van der Waals surface area contributed by atoms with Crippen LogP contribution >= 0.6 is 0 Å². The number of methoxy groups -OCH3 is 1. The van der Waals surface area contributed by atoms with Crippen LogP contribution < -0.4 is 15.0 Å². The third-order valence-electron chi connectivity index (χ3n) is 4.54. The number of nitrogens with zero attached hydrogens (tertiary/aromatic N) is 1. The Morgan fingerprint density at radius 1 is 1.11 bits per heavy atom. The fourth-order valence-corrected chi connectivity index (χ4v) is 3.04. The lowest BCUT2D eigenvalue weighted by atomic mass is 10.1. The summed E-state index contributed by atoms with van der Waals surface area (Å²) in [5.74, 6) is -0.469. The van der Waals surface area contributed by atoms with Crippen LogP contribution in [0.5, 0.6) is 5.75 Å². The maximum Gasteiger partial charge on any atom is 0.338 e. The molecule has 0 radical (unpaired) electrons. The lowest BCUT2D eigenvalue weighted by molar-refractivity contribution is -0.122. The van der Waals surface area contributed by atoms with Gasteiger partial charge in [0, 0.05) is 24.3 Å². The van der Waals surface area contributed by atoms with Crippen LogP contribution in [0.25, 0.3) is 0 Å². The van der Waals surface area contributed by atoms with Crippen molar-refractivity contribution in [3.05, 3.63) is 54.1 Å². The number of carbonyl (C=O) groups excluding carboxylic acids is 3. The van der Waals surface area contributed by atoms with Gasteiger partial charge in [0.2, 0.25) is 11.8 Å². The van der Waals surface area contributed by atoms with Gasteiger partial charge in [0.25, 0.3) is 0 Å². The molecule has 28 heavy (non-hydrogen) atoms. The molecule has 1 heterocycles. The van der Waals surface area contributed by atoms with E-state index in [1.165, 1.54) is 0 Å². The van der Waals surface area contributed by atoms with Crippen molar-refractivity contribution >= 4 is 29.2 Å². The Hall–Kier alpha value is -3.35. The number of rotatable bonds is 6. The van der Waals surface area contributed by atoms with E-state index < -0.39 is 11.9 Å². The highest BCUT2D eigenvalue weighted by molar-refractivity contribution is 6.03. The van der Waals surface area contributed by atoms with Gasteiger partial charge in [-0.1, -0.05) is 0 Å². The number of amides is 2. The molecule has 1 fully saturated rings. The van der Waals surface area contributed by atoms with E-state index in [1.54, 1.807) is 67.5 Å². The Labute approximate surface area is 163 Å². The summed E-state index contributed by atoms with van der Waals surface area (Å²) in [5, 5.41) is 2.80. The van der Waals surface area contributed by atoms with Crippen LogP contribution in [0.15, 0.2) is 48.5 Å². The lowest BCUT2D eigenvalue weighted by Gasteiger charge is -2.17. The summed E-state index contributed by atoms with van der Waals surface area (Å²) in [5.41, 5.74) is 1.72. The maximum atomic E-state index is 12.6. The summed E-state index contributed by atoms with van der Waals surface area (Å²) < 4.78 is 10.1. The van der Waals surface area contributed by atoms with E-state index in [-0.39, 0.29) is 18.2 Å². The quantitative estimate of drug-likeness (QED) is 0.777. The summed E-state index contributed by atoms with van der Waals surface area (Å²) in [6.07, 6.45) is 0.152. The zero-order chi connectivity index (χ0) is 20.1. The molecule has 7 nitrogen and oxygen atoms in total. The molecule has 1 atom stereocenters. The van der Waals surface area contributed by atoms with Crippen LogP contribution in [0, 0.1) is 5.92 Å². The van der Waals surface area contributed by atoms with Crippen LogP contribution in [0.4, 0.5) is 11.4 Å². The molecule has 1 N–H and O–H groups in total. The summed E-state index contributed by atoms with van der Waals surface area (Å²) in [7, 11) is 1.58. The van der Waals surface area contributed by atoms with Crippen LogP contribution in [0.3, 0.4) is 0 Å². The Bertz CT molecular complexity index is 861. The number of anilines is 2. The predicted molar refractivity (Wildman–Crippen MR) is 104 cm³/mol. The molecule has 1 aliphatic rings. The summed E-state index contributed by atoms with van der Waals surface area (Å²) in [6, 6.07) is 13.6. The molecule has 0 aliphatic carbocycles. The van der Waals surface area contributed by atoms with E-state index in [1.807, 2.05) is 0 Å². The second-order valence-electron chi connectivity index (χ2n) is 6.39. The van der Waals surface area contributed by atoms with Crippen molar-refractivity contribution in [3.63, 3.8) is 0 Å².